The first-order chi connectivity index (χ1) is 8.66. The highest BCUT2D eigenvalue weighted by Crippen LogP contribution is 2.18. The topological polar surface area (TPSA) is 25.2 Å². The number of hydrogen-bond acceptors (Lipinski definition) is 2. The fraction of sp³-hybridized carbons (Fsp3) is 0.333. The molecular formula is C15H18ClNO. The highest BCUT2D eigenvalue weighted by Gasteiger charge is 2.11. The maximum absolute atomic E-state index is 6.16. The SMILES string of the molecule is CC(Cc1ccccc1Cl)NC(C)c1ccoc1. The molecule has 1 heterocycles. The number of benzene rings is 1. The molecule has 0 saturated carbocycles. The fourth-order valence-corrected chi connectivity index (χ4v) is 2.31. The monoisotopic (exact) mass is 263 g/mol. The van der Waals surface area contributed by atoms with Crippen LogP contribution in [0.3, 0.4) is 0 Å². The Morgan fingerprint density at radius 3 is 2.67 bits per heavy atom. The molecule has 0 spiro atoms. The molecule has 2 rings (SSSR count). The summed E-state index contributed by atoms with van der Waals surface area (Å²) in [7, 11) is 0. The second-order valence-corrected chi connectivity index (χ2v) is 5.05. The number of nitrogens with one attached hydrogen (secondary N) is 1. The summed E-state index contributed by atoms with van der Waals surface area (Å²) in [5.74, 6) is 0. The summed E-state index contributed by atoms with van der Waals surface area (Å²) in [6.45, 7) is 4.30. The quantitative estimate of drug-likeness (QED) is 0.874. The minimum atomic E-state index is 0.279. The molecular weight excluding hydrogens is 246 g/mol. The summed E-state index contributed by atoms with van der Waals surface area (Å²) in [5, 5.41) is 4.37. The summed E-state index contributed by atoms with van der Waals surface area (Å²) in [5.41, 5.74) is 2.35. The lowest BCUT2D eigenvalue weighted by Crippen LogP contribution is -2.30. The standard InChI is InChI=1S/C15H18ClNO/c1-11(9-13-5-3-4-6-15(13)16)17-12(2)14-7-8-18-10-14/h3-8,10-12,17H,9H2,1-2H3. The van der Waals surface area contributed by atoms with E-state index in [0.29, 0.717) is 6.04 Å². The Balaban J connectivity index is 1.93. The third-order valence-electron chi connectivity index (χ3n) is 3.06. The van der Waals surface area contributed by atoms with Crippen LogP contribution in [0.4, 0.5) is 0 Å². The van der Waals surface area contributed by atoms with Crippen LogP contribution in [0.1, 0.15) is 31.0 Å². The molecule has 0 aliphatic carbocycles. The van der Waals surface area contributed by atoms with Crippen LogP contribution in [-0.4, -0.2) is 6.04 Å². The van der Waals surface area contributed by atoms with E-state index in [1.54, 1.807) is 12.5 Å². The molecule has 0 aliphatic heterocycles. The Labute approximate surface area is 113 Å². The average Bonchev–Trinajstić information content (AvgIpc) is 2.85. The molecule has 0 bridgehead atoms. The van der Waals surface area contributed by atoms with Crippen LogP contribution < -0.4 is 5.32 Å². The first kappa shape index (κ1) is 13.2. The Morgan fingerprint density at radius 1 is 1.22 bits per heavy atom. The van der Waals surface area contributed by atoms with Crippen molar-refractivity contribution < 1.29 is 4.42 Å². The van der Waals surface area contributed by atoms with E-state index in [4.69, 9.17) is 16.0 Å². The van der Waals surface area contributed by atoms with E-state index in [0.717, 1.165) is 11.4 Å². The molecule has 0 aliphatic rings. The predicted octanol–water partition coefficient (Wildman–Crippen LogP) is 4.21. The van der Waals surface area contributed by atoms with E-state index in [-0.39, 0.29) is 6.04 Å². The van der Waals surface area contributed by atoms with Gasteiger partial charge in [0, 0.05) is 22.7 Å². The zero-order chi connectivity index (χ0) is 13.0. The van der Waals surface area contributed by atoms with Crippen molar-refractivity contribution >= 4 is 11.6 Å². The molecule has 1 aromatic carbocycles. The smallest absolute Gasteiger partial charge is 0.0950 e. The lowest BCUT2D eigenvalue weighted by Gasteiger charge is -2.19. The molecule has 2 nitrogen and oxygen atoms in total. The number of furan rings is 1. The van der Waals surface area contributed by atoms with Gasteiger partial charge < -0.3 is 9.73 Å². The van der Waals surface area contributed by atoms with E-state index < -0.39 is 0 Å². The number of halogens is 1. The van der Waals surface area contributed by atoms with Crippen molar-refractivity contribution in [3.63, 3.8) is 0 Å². The normalized spacial score (nSPS) is 14.4. The summed E-state index contributed by atoms with van der Waals surface area (Å²) in [6.07, 6.45) is 4.40. The summed E-state index contributed by atoms with van der Waals surface area (Å²) in [6, 6.07) is 10.6. The van der Waals surface area contributed by atoms with Gasteiger partial charge in [0.15, 0.2) is 0 Å². The molecule has 1 N–H and O–H groups in total. The van der Waals surface area contributed by atoms with Crippen molar-refractivity contribution in [2.75, 3.05) is 0 Å². The van der Waals surface area contributed by atoms with E-state index in [1.807, 2.05) is 24.3 Å². The van der Waals surface area contributed by atoms with Crippen LogP contribution in [0.25, 0.3) is 0 Å². The van der Waals surface area contributed by atoms with Gasteiger partial charge in [0.2, 0.25) is 0 Å². The van der Waals surface area contributed by atoms with Crippen molar-refractivity contribution in [3.05, 3.63) is 59.0 Å². The van der Waals surface area contributed by atoms with Crippen molar-refractivity contribution in [3.8, 4) is 0 Å². The first-order valence-corrected chi connectivity index (χ1v) is 6.56. The van der Waals surface area contributed by atoms with Crippen LogP contribution >= 0.6 is 11.6 Å². The van der Waals surface area contributed by atoms with Crippen LogP contribution in [0.5, 0.6) is 0 Å². The molecule has 2 aromatic rings. The first-order valence-electron chi connectivity index (χ1n) is 6.18. The fourth-order valence-electron chi connectivity index (χ4n) is 2.10. The van der Waals surface area contributed by atoms with Crippen molar-refractivity contribution in [2.24, 2.45) is 0 Å². The maximum Gasteiger partial charge on any atom is 0.0950 e. The van der Waals surface area contributed by atoms with Crippen molar-refractivity contribution in [2.45, 2.75) is 32.4 Å². The minimum Gasteiger partial charge on any atom is -0.472 e. The Bertz CT molecular complexity index is 481. The largest absolute Gasteiger partial charge is 0.472 e. The van der Waals surface area contributed by atoms with Crippen molar-refractivity contribution in [1.29, 1.82) is 0 Å². The van der Waals surface area contributed by atoms with Gasteiger partial charge in [-0.1, -0.05) is 29.8 Å². The molecule has 18 heavy (non-hydrogen) atoms. The third kappa shape index (κ3) is 3.37. The Kier molecular flexibility index (Phi) is 4.45. The molecule has 0 saturated heterocycles. The molecule has 96 valence electrons. The number of rotatable bonds is 5. The zero-order valence-corrected chi connectivity index (χ0v) is 11.4. The van der Waals surface area contributed by atoms with Gasteiger partial charge >= 0.3 is 0 Å². The lowest BCUT2D eigenvalue weighted by molar-refractivity contribution is 0.471. The Hall–Kier alpha value is -1.25. The van der Waals surface area contributed by atoms with E-state index in [2.05, 4.69) is 25.2 Å². The van der Waals surface area contributed by atoms with E-state index in [1.165, 1.54) is 11.1 Å². The Morgan fingerprint density at radius 2 is 2.00 bits per heavy atom. The van der Waals surface area contributed by atoms with Crippen LogP contribution in [0, 0.1) is 0 Å². The van der Waals surface area contributed by atoms with E-state index in [9.17, 15) is 0 Å². The van der Waals surface area contributed by atoms with Gasteiger partial charge in [-0.2, -0.15) is 0 Å². The molecule has 0 fully saturated rings. The highest BCUT2D eigenvalue weighted by atomic mass is 35.5. The molecule has 0 radical (unpaired) electrons. The number of hydrogen-bond donors (Lipinski definition) is 1. The molecule has 0 amide bonds. The molecule has 1 aromatic heterocycles. The average molecular weight is 264 g/mol. The second kappa shape index (κ2) is 6.07. The summed E-state index contributed by atoms with van der Waals surface area (Å²) in [4.78, 5) is 0. The lowest BCUT2D eigenvalue weighted by atomic mass is 10.1. The van der Waals surface area contributed by atoms with Crippen LogP contribution in [0.15, 0.2) is 47.3 Å². The van der Waals surface area contributed by atoms with Gasteiger partial charge in [0.25, 0.3) is 0 Å². The third-order valence-corrected chi connectivity index (χ3v) is 3.43. The highest BCUT2D eigenvalue weighted by molar-refractivity contribution is 6.31. The van der Waals surface area contributed by atoms with Gasteiger partial charge in [-0.15, -0.1) is 0 Å². The minimum absolute atomic E-state index is 0.279. The molecule has 2 atom stereocenters. The molecule has 3 heteroatoms. The van der Waals surface area contributed by atoms with Crippen molar-refractivity contribution in [1.82, 2.24) is 5.32 Å². The summed E-state index contributed by atoms with van der Waals surface area (Å²) >= 11 is 6.16. The van der Waals surface area contributed by atoms with Crippen LogP contribution in [-0.2, 0) is 6.42 Å². The maximum atomic E-state index is 6.16. The molecule has 2 unspecified atom stereocenters. The van der Waals surface area contributed by atoms with E-state index >= 15 is 0 Å². The predicted molar refractivity (Wildman–Crippen MR) is 74.9 cm³/mol. The second-order valence-electron chi connectivity index (χ2n) is 4.64. The summed E-state index contributed by atoms with van der Waals surface area (Å²) < 4.78 is 5.09. The zero-order valence-electron chi connectivity index (χ0n) is 10.7. The van der Waals surface area contributed by atoms with Gasteiger partial charge in [0.05, 0.1) is 12.5 Å². The van der Waals surface area contributed by atoms with Gasteiger partial charge in [0.1, 0.15) is 0 Å². The van der Waals surface area contributed by atoms with Gasteiger partial charge in [-0.25, -0.2) is 0 Å². The van der Waals surface area contributed by atoms with Gasteiger partial charge in [-0.05, 0) is 38.0 Å². The van der Waals surface area contributed by atoms with Crippen LogP contribution in [0.2, 0.25) is 5.02 Å². The van der Waals surface area contributed by atoms with Gasteiger partial charge in [-0.3, -0.25) is 0 Å².